The summed E-state index contributed by atoms with van der Waals surface area (Å²) in [5.41, 5.74) is 21.4. The van der Waals surface area contributed by atoms with Crippen molar-refractivity contribution in [3.05, 3.63) is 322 Å². The van der Waals surface area contributed by atoms with E-state index in [0.29, 0.717) is 11.6 Å². The maximum absolute atomic E-state index is 6.26. The van der Waals surface area contributed by atoms with E-state index < -0.39 is 0 Å². The molecule has 0 spiro atoms. The first-order chi connectivity index (χ1) is 47.6. The van der Waals surface area contributed by atoms with Crippen molar-refractivity contribution in [2.75, 3.05) is 7.11 Å². The highest BCUT2D eigenvalue weighted by Gasteiger charge is 2.27. The standard InChI is InChI=1S/C89H56N6O/c1-96-81-51-49-56-25-9-11-31-63(56)87(81)89-90-72-50-48-55-24-8-10-30-62(55)86(72)88(91-89)57-52-60(94-75-42-18-14-34-70(75)84-66(38-22-46-79(84)94)64-36-20-44-77-82(64)68-32-12-16-40-73(68)92(77)58-26-4-2-5-27-58)54-61(53-57)95-76-43-19-15-35-71(76)85-67(39-23-47-80(85)95)65-37-21-45-78-83(65)69-33-13-17-41-74(69)93(78)59-28-6-3-7-29-59/h2-54H,1H3. The van der Waals surface area contributed by atoms with E-state index in [9.17, 15) is 0 Å². The summed E-state index contributed by atoms with van der Waals surface area (Å²) in [5.74, 6) is 1.29. The minimum atomic E-state index is 0.585. The van der Waals surface area contributed by atoms with Crippen LogP contribution in [0.15, 0.2) is 322 Å². The molecule has 0 fully saturated rings. The normalized spacial score (nSPS) is 12.0. The van der Waals surface area contributed by atoms with Gasteiger partial charge in [0.25, 0.3) is 0 Å². The molecular weight excluding hydrogens is 1170 g/mol. The number of benzene rings is 15. The molecule has 0 saturated heterocycles. The lowest BCUT2D eigenvalue weighted by molar-refractivity contribution is 0.416. The van der Waals surface area contributed by atoms with Gasteiger partial charge >= 0.3 is 0 Å². The van der Waals surface area contributed by atoms with Crippen LogP contribution in [0.1, 0.15) is 0 Å². The summed E-state index contributed by atoms with van der Waals surface area (Å²) in [7, 11) is 1.74. The highest BCUT2D eigenvalue weighted by molar-refractivity contribution is 6.25. The molecule has 0 aliphatic rings. The van der Waals surface area contributed by atoms with Crippen LogP contribution in [0.3, 0.4) is 0 Å². The van der Waals surface area contributed by atoms with E-state index in [2.05, 4.69) is 334 Å². The fourth-order valence-electron chi connectivity index (χ4n) is 16.1. The summed E-state index contributed by atoms with van der Waals surface area (Å²) in [6, 6.07) is 117. The van der Waals surface area contributed by atoms with Gasteiger partial charge in [-0.05, 0) is 147 Å². The maximum Gasteiger partial charge on any atom is 0.164 e. The Morgan fingerprint density at radius 2 is 0.615 bits per heavy atom. The monoisotopic (exact) mass is 1220 g/mol. The van der Waals surface area contributed by atoms with Crippen LogP contribution in [-0.2, 0) is 0 Å². The smallest absolute Gasteiger partial charge is 0.164 e. The third-order valence-electron chi connectivity index (χ3n) is 20.0. The minimum absolute atomic E-state index is 0.585. The third-order valence-corrected chi connectivity index (χ3v) is 20.0. The van der Waals surface area contributed by atoms with Crippen molar-refractivity contribution in [2.24, 2.45) is 0 Å². The van der Waals surface area contributed by atoms with Crippen LogP contribution in [0.4, 0.5) is 0 Å². The lowest BCUT2D eigenvalue weighted by Crippen LogP contribution is -2.02. The number of nitrogens with zero attached hydrogens (tertiary/aromatic N) is 6. The van der Waals surface area contributed by atoms with Crippen molar-refractivity contribution in [1.82, 2.24) is 28.2 Å². The number of hydrogen-bond donors (Lipinski definition) is 0. The second kappa shape index (κ2) is 21.1. The molecule has 0 atom stereocenters. The lowest BCUT2D eigenvalue weighted by atomic mass is 9.95. The molecule has 5 heterocycles. The minimum Gasteiger partial charge on any atom is -0.496 e. The first-order valence-electron chi connectivity index (χ1n) is 32.8. The predicted octanol–water partition coefficient (Wildman–Crippen LogP) is 23.0. The fourth-order valence-corrected chi connectivity index (χ4v) is 16.1. The Morgan fingerprint density at radius 3 is 1.05 bits per heavy atom. The molecule has 7 nitrogen and oxygen atoms in total. The highest BCUT2D eigenvalue weighted by Crippen LogP contribution is 2.49. The Bertz CT molecular complexity index is 6330. The largest absolute Gasteiger partial charge is 0.496 e. The Kier molecular flexibility index (Phi) is 11.8. The number of fused-ring (bicyclic) bond motifs is 16. The zero-order chi connectivity index (χ0) is 63.1. The van der Waals surface area contributed by atoms with Crippen LogP contribution < -0.4 is 4.74 Å². The number of hydrogen-bond acceptors (Lipinski definition) is 3. The van der Waals surface area contributed by atoms with Gasteiger partial charge in [0.05, 0.1) is 68.0 Å². The number of ether oxygens (including phenoxy) is 1. The first-order valence-corrected chi connectivity index (χ1v) is 32.8. The molecule has 0 bridgehead atoms. The van der Waals surface area contributed by atoms with E-state index in [1.807, 2.05) is 6.07 Å². The van der Waals surface area contributed by atoms with E-state index in [1.54, 1.807) is 7.11 Å². The molecule has 0 aliphatic heterocycles. The van der Waals surface area contributed by atoms with Gasteiger partial charge < -0.3 is 23.0 Å². The van der Waals surface area contributed by atoms with Gasteiger partial charge in [-0.2, -0.15) is 0 Å². The molecule has 0 aliphatic carbocycles. The van der Waals surface area contributed by atoms with Crippen molar-refractivity contribution in [3.63, 3.8) is 0 Å². The van der Waals surface area contributed by atoms with Crippen LogP contribution in [0.25, 0.3) is 187 Å². The van der Waals surface area contributed by atoms with E-state index >= 15 is 0 Å². The summed E-state index contributed by atoms with van der Waals surface area (Å²) >= 11 is 0. The van der Waals surface area contributed by atoms with Gasteiger partial charge in [0.1, 0.15) is 5.75 Å². The van der Waals surface area contributed by atoms with Crippen molar-refractivity contribution in [2.45, 2.75) is 0 Å². The molecule has 20 aromatic rings. The Balaban J connectivity index is 0.899. The second-order valence-electron chi connectivity index (χ2n) is 25.1. The summed E-state index contributed by atoms with van der Waals surface area (Å²) in [6.07, 6.45) is 0. The van der Waals surface area contributed by atoms with Gasteiger partial charge in [-0.25, -0.2) is 9.97 Å². The van der Waals surface area contributed by atoms with Crippen LogP contribution in [-0.4, -0.2) is 35.3 Å². The van der Waals surface area contributed by atoms with Crippen LogP contribution in [0.5, 0.6) is 5.75 Å². The zero-order valence-electron chi connectivity index (χ0n) is 52.2. The Labute approximate surface area is 551 Å². The van der Waals surface area contributed by atoms with E-state index in [1.165, 1.54) is 65.6 Å². The first kappa shape index (κ1) is 53.8. The molecule has 96 heavy (non-hydrogen) atoms. The molecule has 0 saturated carbocycles. The summed E-state index contributed by atoms with van der Waals surface area (Å²) in [5, 5.41) is 14.8. The van der Waals surface area contributed by atoms with Crippen molar-refractivity contribution in [3.8, 4) is 73.4 Å². The molecular formula is C89H56N6O. The van der Waals surface area contributed by atoms with Gasteiger partial charge in [-0.15, -0.1) is 0 Å². The SMILES string of the molecule is COc1ccc2ccccc2c1-c1nc(-c2cc(-n3c4ccccc4c4c(-c5cccc6c5c5ccccc5n6-c5ccccc5)cccc43)cc(-n3c4ccccc4c4c(-c5cccc6c5c5ccccc5n6-c5ccccc5)cccc43)c2)c2c(ccc3ccccc32)n1. The topological polar surface area (TPSA) is 54.7 Å². The van der Waals surface area contributed by atoms with E-state index in [4.69, 9.17) is 14.7 Å². The molecule has 20 rings (SSSR count). The quantitative estimate of drug-likeness (QED) is 0.135. The average molecular weight is 1230 g/mol. The predicted molar refractivity (Wildman–Crippen MR) is 400 cm³/mol. The molecule has 0 amide bonds. The van der Waals surface area contributed by atoms with Crippen molar-refractivity contribution < 1.29 is 4.74 Å². The van der Waals surface area contributed by atoms with Gasteiger partial charge in [-0.3, -0.25) is 0 Å². The molecule has 5 aromatic heterocycles. The van der Waals surface area contributed by atoms with Gasteiger partial charge in [0.2, 0.25) is 0 Å². The zero-order valence-corrected chi connectivity index (χ0v) is 52.2. The maximum atomic E-state index is 6.26. The van der Waals surface area contributed by atoms with Crippen LogP contribution in [0.2, 0.25) is 0 Å². The second-order valence-corrected chi connectivity index (χ2v) is 25.1. The summed E-state index contributed by atoms with van der Waals surface area (Å²) in [6.45, 7) is 0. The molecule has 7 heteroatoms. The summed E-state index contributed by atoms with van der Waals surface area (Å²) < 4.78 is 16.1. The molecule has 0 unspecified atom stereocenters. The Morgan fingerprint density at radius 1 is 0.260 bits per heavy atom. The van der Waals surface area contributed by atoms with E-state index in [-0.39, 0.29) is 0 Å². The van der Waals surface area contributed by atoms with E-state index in [0.717, 1.165) is 116 Å². The number of rotatable bonds is 9. The number of aromatic nitrogens is 6. The van der Waals surface area contributed by atoms with Gasteiger partial charge in [-0.1, -0.05) is 218 Å². The Hall–Kier alpha value is -12.8. The van der Waals surface area contributed by atoms with Crippen LogP contribution in [0, 0.1) is 0 Å². The highest BCUT2D eigenvalue weighted by atomic mass is 16.5. The van der Waals surface area contributed by atoms with Crippen molar-refractivity contribution in [1.29, 1.82) is 0 Å². The lowest BCUT2D eigenvalue weighted by Gasteiger charge is -2.18. The number of para-hydroxylation sites is 6. The molecule has 448 valence electrons. The van der Waals surface area contributed by atoms with Gasteiger partial charge in [0.15, 0.2) is 5.82 Å². The fraction of sp³-hybridized carbons (Fsp3) is 0.0112. The van der Waals surface area contributed by atoms with Crippen LogP contribution >= 0.6 is 0 Å². The number of methoxy groups -OCH3 is 1. The molecule has 0 N–H and O–H groups in total. The van der Waals surface area contributed by atoms with Crippen molar-refractivity contribution >= 4 is 120 Å². The molecule has 15 aromatic carbocycles. The third kappa shape index (κ3) is 7.89. The van der Waals surface area contributed by atoms with Gasteiger partial charge in [0, 0.05) is 76.8 Å². The average Bonchev–Trinajstić information content (AvgIpc) is 1.48. The summed E-state index contributed by atoms with van der Waals surface area (Å²) in [4.78, 5) is 11.4. The molecule has 0 radical (unpaired) electrons.